The Bertz CT molecular complexity index is 2200. The van der Waals surface area contributed by atoms with Crippen LogP contribution >= 0.6 is 0 Å². The summed E-state index contributed by atoms with van der Waals surface area (Å²) < 4.78 is 2.29. The lowest BCUT2D eigenvalue weighted by Gasteiger charge is -2.12. The van der Waals surface area contributed by atoms with Gasteiger partial charge in [-0.05, 0) is 46.5 Å². The van der Waals surface area contributed by atoms with Gasteiger partial charge in [0.1, 0.15) is 5.52 Å². The van der Waals surface area contributed by atoms with E-state index in [0.29, 0.717) is 5.82 Å². The Balaban J connectivity index is 1.32. The normalized spacial score (nSPS) is 11.3. The summed E-state index contributed by atoms with van der Waals surface area (Å²) in [6, 6.07) is 57.2. The first-order valence-electron chi connectivity index (χ1n) is 14.5. The Morgan fingerprint density at radius 1 is 0.395 bits per heavy atom. The molecule has 6 aromatic carbocycles. The summed E-state index contributed by atoms with van der Waals surface area (Å²) in [6.45, 7) is 0. The molecule has 2 heterocycles. The van der Waals surface area contributed by atoms with Crippen LogP contribution in [0.4, 0.5) is 0 Å². The molecular formula is C40H27N3. The zero-order valence-electron chi connectivity index (χ0n) is 23.4. The Morgan fingerprint density at radius 3 is 1.65 bits per heavy atom. The molecule has 0 aliphatic rings. The lowest BCUT2D eigenvalue weighted by atomic mass is 9.99. The molecule has 2 aromatic heterocycles. The number of benzene rings is 6. The van der Waals surface area contributed by atoms with Gasteiger partial charge >= 0.3 is 0 Å². The predicted molar refractivity (Wildman–Crippen MR) is 178 cm³/mol. The predicted octanol–water partition coefficient (Wildman–Crippen LogP) is 10.2. The Hall–Kier alpha value is -5.80. The van der Waals surface area contributed by atoms with E-state index < -0.39 is 0 Å². The second kappa shape index (κ2) is 10.6. The van der Waals surface area contributed by atoms with Crippen LogP contribution in [0.3, 0.4) is 0 Å². The maximum absolute atomic E-state index is 5.28. The molecular weight excluding hydrogens is 522 g/mol. The second-order valence-corrected chi connectivity index (χ2v) is 10.7. The number of nitrogens with zero attached hydrogens (tertiary/aromatic N) is 3. The van der Waals surface area contributed by atoms with Gasteiger partial charge in [-0.25, -0.2) is 9.97 Å². The highest BCUT2D eigenvalue weighted by atomic mass is 15.0. The van der Waals surface area contributed by atoms with Gasteiger partial charge in [-0.2, -0.15) is 0 Å². The molecule has 0 N–H and O–H groups in total. The topological polar surface area (TPSA) is 30.7 Å². The van der Waals surface area contributed by atoms with E-state index in [1.54, 1.807) is 0 Å². The van der Waals surface area contributed by atoms with Crippen LogP contribution in [0.2, 0.25) is 0 Å². The van der Waals surface area contributed by atoms with E-state index in [-0.39, 0.29) is 0 Å². The van der Waals surface area contributed by atoms with E-state index in [0.717, 1.165) is 55.6 Å². The van der Waals surface area contributed by atoms with Crippen molar-refractivity contribution in [1.29, 1.82) is 0 Å². The molecule has 8 aromatic rings. The summed E-state index contributed by atoms with van der Waals surface area (Å²) in [5, 5.41) is 1.11. The van der Waals surface area contributed by atoms with Crippen LogP contribution in [-0.2, 0) is 0 Å². The number of rotatable bonds is 5. The molecule has 202 valence electrons. The van der Waals surface area contributed by atoms with Gasteiger partial charge in [0.2, 0.25) is 0 Å². The summed E-state index contributed by atoms with van der Waals surface area (Å²) >= 11 is 0. The first-order chi connectivity index (χ1) is 21.3. The number of hydrogen-bond acceptors (Lipinski definition) is 2. The average Bonchev–Trinajstić information content (AvgIpc) is 3.43. The minimum atomic E-state index is 0.713. The molecule has 0 amide bonds. The number of aromatic nitrogens is 3. The van der Waals surface area contributed by atoms with Gasteiger partial charge in [0.05, 0.1) is 16.7 Å². The van der Waals surface area contributed by atoms with Gasteiger partial charge in [0.15, 0.2) is 5.82 Å². The highest BCUT2D eigenvalue weighted by molar-refractivity contribution is 6.11. The maximum atomic E-state index is 5.28. The van der Waals surface area contributed by atoms with Crippen LogP contribution < -0.4 is 0 Å². The maximum Gasteiger partial charge on any atom is 0.160 e. The van der Waals surface area contributed by atoms with Crippen molar-refractivity contribution in [3.05, 3.63) is 164 Å². The lowest BCUT2D eigenvalue weighted by Crippen LogP contribution is -1.99. The monoisotopic (exact) mass is 549 g/mol. The van der Waals surface area contributed by atoms with Gasteiger partial charge in [-0.3, -0.25) is 0 Å². The number of hydrogen-bond donors (Lipinski definition) is 0. The second-order valence-electron chi connectivity index (χ2n) is 10.7. The SMILES string of the molecule is c1ccc(-c2ccc(-c3cccc(-c4nc(-c5ccccc5)c5c(n4)c4ccccc4n5-c4ccccc4)c3)cc2)cc1. The zero-order valence-corrected chi connectivity index (χ0v) is 23.4. The Labute approximate surface area is 250 Å². The molecule has 0 spiro atoms. The quantitative estimate of drug-likeness (QED) is 0.214. The standard InChI is InChI=1S/C40H27N3/c1-4-13-28(14-5-1)29-23-25-30(26-24-29)32-17-12-18-33(27-32)40-41-37(31-15-6-2-7-16-31)39-38(42-40)35-21-10-11-22-36(35)43(39)34-19-8-3-9-20-34/h1-27H. The zero-order chi connectivity index (χ0) is 28.6. The largest absolute Gasteiger partial charge is 0.306 e. The molecule has 0 atom stereocenters. The summed E-state index contributed by atoms with van der Waals surface area (Å²) in [4.78, 5) is 10.5. The molecule has 0 fully saturated rings. The van der Waals surface area contributed by atoms with E-state index in [2.05, 4.69) is 150 Å². The third kappa shape index (κ3) is 4.48. The van der Waals surface area contributed by atoms with Crippen molar-refractivity contribution in [2.75, 3.05) is 0 Å². The molecule has 43 heavy (non-hydrogen) atoms. The van der Waals surface area contributed by atoms with Crippen molar-refractivity contribution >= 4 is 21.9 Å². The molecule has 3 heteroatoms. The molecule has 0 saturated carbocycles. The van der Waals surface area contributed by atoms with Crippen molar-refractivity contribution in [3.63, 3.8) is 0 Å². The minimum absolute atomic E-state index is 0.713. The fourth-order valence-corrected chi connectivity index (χ4v) is 5.94. The van der Waals surface area contributed by atoms with Crippen molar-refractivity contribution in [1.82, 2.24) is 14.5 Å². The molecule has 3 nitrogen and oxygen atoms in total. The van der Waals surface area contributed by atoms with Gasteiger partial charge in [0.25, 0.3) is 0 Å². The molecule has 8 rings (SSSR count). The van der Waals surface area contributed by atoms with E-state index in [4.69, 9.17) is 9.97 Å². The molecule has 0 bridgehead atoms. The molecule has 0 aliphatic heterocycles. The first kappa shape index (κ1) is 25.0. The van der Waals surface area contributed by atoms with Crippen molar-refractivity contribution < 1.29 is 0 Å². The number of para-hydroxylation sites is 2. The first-order valence-corrected chi connectivity index (χ1v) is 14.5. The van der Waals surface area contributed by atoms with Gasteiger partial charge in [0, 0.05) is 22.2 Å². The highest BCUT2D eigenvalue weighted by Gasteiger charge is 2.21. The van der Waals surface area contributed by atoms with Crippen LogP contribution in [0, 0.1) is 0 Å². The van der Waals surface area contributed by atoms with Crippen LogP contribution in [0.5, 0.6) is 0 Å². The minimum Gasteiger partial charge on any atom is -0.306 e. The van der Waals surface area contributed by atoms with E-state index in [1.807, 2.05) is 18.2 Å². The molecule has 0 saturated heterocycles. The van der Waals surface area contributed by atoms with Crippen molar-refractivity contribution in [3.8, 4) is 50.6 Å². The van der Waals surface area contributed by atoms with Crippen LogP contribution in [-0.4, -0.2) is 14.5 Å². The fourth-order valence-electron chi connectivity index (χ4n) is 5.94. The highest BCUT2D eigenvalue weighted by Crippen LogP contribution is 2.38. The molecule has 0 radical (unpaired) electrons. The Morgan fingerprint density at radius 2 is 0.930 bits per heavy atom. The summed E-state index contributed by atoms with van der Waals surface area (Å²) in [5.41, 5.74) is 11.8. The number of fused-ring (bicyclic) bond motifs is 3. The van der Waals surface area contributed by atoms with E-state index in [9.17, 15) is 0 Å². The van der Waals surface area contributed by atoms with Crippen LogP contribution in [0.1, 0.15) is 0 Å². The summed E-state index contributed by atoms with van der Waals surface area (Å²) in [6.07, 6.45) is 0. The average molecular weight is 550 g/mol. The third-order valence-electron chi connectivity index (χ3n) is 8.02. The van der Waals surface area contributed by atoms with E-state index in [1.165, 1.54) is 11.1 Å². The summed E-state index contributed by atoms with van der Waals surface area (Å²) in [5.74, 6) is 0.713. The lowest BCUT2D eigenvalue weighted by molar-refractivity contribution is 1.15. The van der Waals surface area contributed by atoms with Crippen molar-refractivity contribution in [2.45, 2.75) is 0 Å². The Kier molecular flexibility index (Phi) is 6.12. The van der Waals surface area contributed by atoms with Gasteiger partial charge in [-0.1, -0.05) is 140 Å². The smallest absolute Gasteiger partial charge is 0.160 e. The van der Waals surface area contributed by atoms with Crippen LogP contribution in [0.15, 0.2) is 164 Å². The van der Waals surface area contributed by atoms with E-state index >= 15 is 0 Å². The summed E-state index contributed by atoms with van der Waals surface area (Å²) in [7, 11) is 0. The van der Waals surface area contributed by atoms with Crippen molar-refractivity contribution in [2.24, 2.45) is 0 Å². The van der Waals surface area contributed by atoms with Crippen LogP contribution in [0.25, 0.3) is 72.5 Å². The third-order valence-corrected chi connectivity index (χ3v) is 8.02. The fraction of sp³-hybridized carbons (Fsp3) is 0. The van der Waals surface area contributed by atoms with Gasteiger partial charge < -0.3 is 4.57 Å². The molecule has 0 unspecified atom stereocenters. The molecule has 0 aliphatic carbocycles. The van der Waals surface area contributed by atoms with Gasteiger partial charge in [-0.15, -0.1) is 0 Å².